The second kappa shape index (κ2) is 10.0. The summed E-state index contributed by atoms with van der Waals surface area (Å²) in [7, 11) is -3.92. The van der Waals surface area contributed by atoms with Crippen LogP contribution in [0.25, 0.3) is 11.1 Å². The summed E-state index contributed by atoms with van der Waals surface area (Å²) in [5.41, 5.74) is 2.29. The smallest absolute Gasteiger partial charge is 0.508 e. The summed E-state index contributed by atoms with van der Waals surface area (Å²) in [4.78, 5) is 34.6. The minimum Gasteiger partial charge on any atom is -0.508 e. The van der Waals surface area contributed by atoms with Crippen LogP contribution in [0.4, 0.5) is 4.39 Å². The molecule has 0 aliphatic rings. The Morgan fingerprint density at radius 3 is 1.93 bits per heavy atom. The van der Waals surface area contributed by atoms with E-state index in [4.69, 9.17) is 13.3 Å². The largest absolute Gasteiger partial charge is 0.705 e. The number of carbonyl (C=O) groups is 3. The molecule has 2 aromatic rings. The maximum Gasteiger partial charge on any atom is 0.705 e. The molecule has 0 unspecified atom stereocenters. The van der Waals surface area contributed by atoms with Gasteiger partial charge in [-0.25, -0.2) is 4.39 Å². The molecule has 0 saturated carbocycles. The zero-order chi connectivity index (χ0) is 22.3. The maximum atomic E-state index is 13.3. The second-order valence-electron chi connectivity index (χ2n) is 6.67. The van der Waals surface area contributed by atoms with Gasteiger partial charge in [0.1, 0.15) is 11.6 Å². The number of aromatic hydroxyl groups is 1. The lowest BCUT2D eigenvalue weighted by atomic mass is 9.96. The zero-order valence-corrected chi connectivity index (χ0v) is 17.9. The van der Waals surface area contributed by atoms with E-state index in [1.54, 1.807) is 24.3 Å². The number of halogens is 1. The van der Waals surface area contributed by atoms with Crippen LogP contribution < -0.4 is 0 Å². The van der Waals surface area contributed by atoms with Gasteiger partial charge in [0, 0.05) is 20.8 Å². The molecule has 0 atom stereocenters. The highest BCUT2D eigenvalue weighted by Gasteiger charge is 2.51. The molecule has 2 rings (SSSR count). The van der Waals surface area contributed by atoms with Gasteiger partial charge in [-0.1, -0.05) is 18.2 Å². The van der Waals surface area contributed by atoms with Crippen molar-refractivity contribution in [1.82, 2.24) is 0 Å². The molecule has 160 valence electrons. The van der Waals surface area contributed by atoms with Crippen LogP contribution in [-0.4, -0.2) is 31.8 Å². The Labute approximate surface area is 174 Å². The van der Waals surface area contributed by atoms with Crippen LogP contribution in [-0.2, 0) is 34.1 Å². The number of carbonyl (C=O) groups excluding carboxylic acids is 3. The molecular weight excluding hydrogens is 411 g/mol. The van der Waals surface area contributed by atoms with Crippen molar-refractivity contribution in [2.24, 2.45) is 0 Å². The quantitative estimate of drug-likeness (QED) is 0.632. The van der Waals surface area contributed by atoms with Crippen LogP contribution in [0.15, 0.2) is 42.5 Å². The van der Waals surface area contributed by atoms with E-state index in [9.17, 15) is 23.9 Å². The third-order valence-corrected chi connectivity index (χ3v) is 6.83. The Kier molecular flexibility index (Phi) is 7.70. The molecule has 30 heavy (non-hydrogen) atoms. The molecule has 0 saturated heterocycles. The van der Waals surface area contributed by atoms with Crippen molar-refractivity contribution in [2.75, 3.05) is 0 Å². The van der Waals surface area contributed by atoms with E-state index in [0.29, 0.717) is 12.8 Å². The van der Waals surface area contributed by atoms with Crippen LogP contribution in [0.5, 0.6) is 5.75 Å². The predicted molar refractivity (Wildman–Crippen MR) is 108 cm³/mol. The fraction of sp³-hybridized carbons (Fsp3) is 0.286. The number of benzene rings is 2. The summed E-state index contributed by atoms with van der Waals surface area (Å²) < 4.78 is 28.8. The second-order valence-corrected chi connectivity index (χ2v) is 9.14. The van der Waals surface area contributed by atoms with Crippen molar-refractivity contribution in [3.63, 3.8) is 0 Å². The Hall–Kier alpha value is -3.20. The van der Waals surface area contributed by atoms with E-state index in [-0.39, 0.29) is 17.6 Å². The molecule has 0 aliphatic heterocycles. The summed E-state index contributed by atoms with van der Waals surface area (Å²) in [6.07, 6.45) is 0.720. The van der Waals surface area contributed by atoms with Gasteiger partial charge in [0.15, 0.2) is 0 Å². The fourth-order valence-corrected chi connectivity index (χ4v) is 5.42. The van der Waals surface area contributed by atoms with E-state index in [2.05, 4.69) is 0 Å². The number of hydrogen-bond donors (Lipinski definition) is 1. The van der Waals surface area contributed by atoms with E-state index in [0.717, 1.165) is 37.5 Å². The molecule has 0 fully saturated rings. The van der Waals surface area contributed by atoms with Gasteiger partial charge in [-0.05, 0) is 53.8 Å². The third-order valence-electron chi connectivity index (χ3n) is 4.07. The first-order valence-electron chi connectivity index (χ1n) is 9.27. The normalized spacial score (nSPS) is 10.9. The van der Waals surface area contributed by atoms with Crippen molar-refractivity contribution in [3.8, 4) is 16.9 Å². The van der Waals surface area contributed by atoms with Gasteiger partial charge < -0.3 is 18.4 Å². The van der Waals surface area contributed by atoms with Crippen LogP contribution in [0.2, 0.25) is 6.04 Å². The minimum absolute atomic E-state index is 0.0181. The van der Waals surface area contributed by atoms with Gasteiger partial charge in [-0.15, -0.1) is 0 Å². The Bertz CT molecular complexity index is 887. The summed E-state index contributed by atoms with van der Waals surface area (Å²) in [6.45, 7) is 3.41. The first kappa shape index (κ1) is 23.1. The van der Waals surface area contributed by atoms with Crippen molar-refractivity contribution >= 4 is 26.7 Å². The lowest BCUT2D eigenvalue weighted by molar-refractivity contribution is -0.147. The summed E-state index contributed by atoms with van der Waals surface area (Å²) >= 11 is 0. The highest BCUT2D eigenvalue weighted by Crippen LogP contribution is 2.30. The minimum atomic E-state index is -3.92. The number of hydrogen-bond acceptors (Lipinski definition) is 7. The molecule has 0 bridgehead atoms. The van der Waals surface area contributed by atoms with Crippen LogP contribution in [0.3, 0.4) is 0 Å². The molecule has 7 nitrogen and oxygen atoms in total. The van der Waals surface area contributed by atoms with Gasteiger partial charge in [0.2, 0.25) is 0 Å². The topological polar surface area (TPSA) is 99.1 Å². The summed E-state index contributed by atoms with van der Waals surface area (Å²) in [5, 5.41) is 9.89. The lowest BCUT2D eigenvalue weighted by Gasteiger charge is -2.26. The molecule has 0 aromatic heterocycles. The molecule has 0 amide bonds. The third kappa shape index (κ3) is 6.70. The van der Waals surface area contributed by atoms with Gasteiger partial charge in [-0.2, -0.15) is 0 Å². The van der Waals surface area contributed by atoms with Crippen LogP contribution in [0, 0.1) is 5.82 Å². The highest BCUT2D eigenvalue weighted by molar-refractivity contribution is 6.65. The van der Waals surface area contributed by atoms with Gasteiger partial charge in [0.05, 0.1) is 6.04 Å². The van der Waals surface area contributed by atoms with Crippen molar-refractivity contribution in [3.05, 3.63) is 53.8 Å². The van der Waals surface area contributed by atoms with E-state index < -0.39 is 26.7 Å². The molecular formula is C21H23FO7Si. The molecule has 0 aliphatic carbocycles. The van der Waals surface area contributed by atoms with Crippen molar-refractivity contribution < 1.29 is 37.2 Å². The average Bonchev–Trinajstić information content (AvgIpc) is 2.61. The van der Waals surface area contributed by atoms with Gasteiger partial charge in [-0.3, -0.25) is 14.4 Å². The number of phenolic OH excluding ortho intramolecular Hbond substituents is 1. The lowest BCUT2D eigenvalue weighted by Crippen LogP contribution is -2.49. The first-order chi connectivity index (χ1) is 14.1. The van der Waals surface area contributed by atoms with Crippen molar-refractivity contribution in [2.45, 2.75) is 39.7 Å². The molecule has 0 radical (unpaired) electrons. The number of phenols is 1. The SMILES string of the molecule is CC(=O)O[Si](CCCc1cc(O)ccc1-c1ccc(F)cc1)(OC(C)=O)OC(C)=O. The van der Waals surface area contributed by atoms with Crippen LogP contribution >= 0.6 is 0 Å². The summed E-state index contributed by atoms with van der Waals surface area (Å²) in [5.74, 6) is -2.49. The van der Waals surface area contributed by atoms with E-state index in [1.165, 1.54) is 18.2 Å². The Balaban J connectivity index is 2.26. The van der Waals surface area contributed by atoms with E-state index in [1.807, 2.05) is 0 Å². The monoisotopic (exact) mass is 434 g/mol. The molecule has 2 aromatic carbocycles. The molecule has 1 N–H and O–H groups in total. The number of rotatable bonds is 8. The van der Waals surface area contributed by atoms with Gasteiger partial charge in [0.25, 0.3) is 17.9 Å². The van der Waals surface area contributed by atoms with Gasteiger partial charge >= 0.3 is 8.80 Å². The maximum absolute atomic E-state index is 13.3. The Morgan fingerprint density at radius 1 is 0.900 bits per heavy atom. The number of aryl methyl sites for hydroxylation is 1. The molecule has 0 heterocycles. The average molecular weight is 434 g/mol. The predicted octanol–water partition coefficient (Wildman–Crippen LogP) is 3.76. The fourth-order valence-electron chi connectivity index (χ4n) is 3.07. The van der Waals surface area contributed by atoms with E-state index >= 15 is 0 Å². The van der Waals surface area contributed by atoms with Crippen LogP contribution in [0.1, 0.15) is 32.8 Å². The Morgan fingerprint density at radius 2 is 1.43 bits per heavy atom. The standard InChI is InChI=1S/C21H23FO7Si/c1-14(23)27-30(28-15(2)24,29-16(3)25)12-4-5-18-13-20(26)10-11-21(18)17-6-8-19(22)9-7-17/h6-11,13,26H,4-5,12H2,1-3H3. The highest BCUT2D eigenvalue weighted by atomic mass is 28.4. The molecule has 0 spiro atoms. The summed E-state index contributed by atoms with van der Waals surface area (Å²) in [6, 6.07) is 10.8. The molecule has 9 heteroatoms. The zero-order valence-electron chi connectivity index (χ0n) is 16.9. The first-order valence-corrected chi connectivity index (χ1v) is 11.2. The van der Waals surface area contributed by atoms with Crippen molar-refractivity contribution in [1.29, 1.82) is 0 Å².